The van der Waals surface area contributed by atoms with Crippen LogP contribution in [0.3, 0.4) is 0 Å². The molecule has 0 spiro atoms. The molecule has 28 heavy (non-hydrogen) atoms. The summed E-state index contributed by atoms with van der Waals surface area (Å²) in [6.07, 6.45) is 1.05. The first kappa shape index (κ1) is 22.5. The fourth-order valence-electron chi connectivity index (χ4n) is 3.41. The van der Waals surface area contributed by atoms with Crippen LogP contribution in [0.5, 0.6) is 5.75 Å². The molecule has 3 aromatic carbocycles. The van der Waals surface area contributed by atoms with E-state index in [0.717, 1.165) is 23.2 Å². The molecule has 2 nitrogen and oxygen atoms in total. The van der Waals surface area contributed by atoms with E-state index in [1.165, 1.54) is 16.7 Å². The number of methoxy groups -OCH3 is 1. The molecule has 0 aliphatic carbocycles. The van der Waals surface area contributed by atoms with Crippen molar-refractivity contribution in [2.45, 2.75) is 25.3 Å². The minimum atomic E-state index is 0. The molecule has 0 saturated carbocycles. The number of rotatable bonds is 8. The lowest BCUT2D eigenvalue weighted by molar-refractivity contribution is 0.411. The quantitative estimate of drug-likeness (QED) is 0.401. The van der Waals surface area contributed by atoms with Gasteiger partial charge in [-0.1, -0.05) is 66.7 Å². The number of halogens is 2. The topological polar surface area (TPSA) is 21.3 Å². The summed E-state index contributed by atoms with van der Waals surface area (Å²) in [4.78, 5) is 0. The van der Waals surface area contributed by atoms with Crippen molar-refractivity contribution in [1.82, 2.24) is 5.32 Å². The van der Waals surface area contributed by atoms with Crippen LogP contribution < -0.4 is 10.1 Å². The van der Waals surface area contributed by atoms with Gasteiger partial charge in [0.05, 0.1) is 11.6 Å². The third-order valence-electron chi connectivity index (χ3n) is 4.96. The maximum absolute atomic E-state index is 5.32. The van der Waals surface area contributed by atoms with Crippen molar-refractivity contribution in [3.05, 3.63) is 100 Å². The summed E-state index contributed by atoms with van der Waals surface area (Å²) in [5.74, 6) is 1.26. The van der Waals surface area contributed by atoms with Crippen molar-refractivity contribution in [2.75, 3.05) is 13.7 Å². The van der Waals surface area contributed by atoms with Crippen molar-refractivity contribution in [3.63, 3.8) is 0 Å². The molecule has 0 aromatic heterocycles. The SMILES string of the molecule is COc1ccc(C(C)NCCC(c2ccccc2)c2ccccc2)cc1Br.Cl. The number of benzene rings is 3. The van der Waals surface area contributed by atoms with Gasteiger partial charge in [-0.25, -0.2) is 0 Å². The molecule has 0 amide bonds. The van der Waals surface area contributed by atoms with Crippen LogP contribution in [-0.2, 0) is 0 Å². The molecule has 0 aliphatic rings. The Labute approximate surface area is 182 Å². The van der Waals surface area contributed by atoms with Gasteiger partial charge in [0.2, 0.25) is 0 Å². The Kier molecular flexibility index (Phi) is 9.04. The van der Waals surface area contributed by atoms with E-state index in [4.69, 9.17) is 4.74 Å². The van der Waals surface area contributed by atoms with Crippen molar-refractivity contribution in [3.8, 4) is 5.75 Å². The highest BCUT2D eigenvalue weighted by molar-refractivity contribution is 9.10. The number of nitrogens with one attached hydrogen (secondary N) is 1. The van der Waals surface area contributed by atoms with Gasteiger partial charge < -0.3 is 10.1 Å². The Bertz CT molecular complexity index is 802. The van der Waals surface area contributed by atoms with E-state index in [1.807, 2.05) is 6.07 Å². The van der Waals surface area contributed by atoms with Crippen LogP contribution in [0.2, 0.25) is 0 Å². The predicted molar refractivity (Wildman–Crippen MR) is 124 cm³/mol. The zero-order valence-corrected chi connectivity index (χ0v) is 18.7. The van der Waals surface area contributed by atoms with E-state index in [0.29, 0.717) is 5.92 Å². The van der Waals surface area contributed by atoms with Crippen LogP contribution in [0.15, 0.2) is 83.3 Å². The lowest BCUT2D eigenvalue weighted by Gasteiger charge is -2.21. The molecule has 4 heteroatoms. The molecule has 1 unspecified atom stereocenters. The van der Waals surface area contributed by atoms with Crippen molar-refractivity contribution in [1.29, 1.82) is 0 Å². The Morgan fingerprint density at radius 2 is 1.43 bits per heavy atom. The minimum Gasteiger partial charge on any atom is -0.496 e. The monoisotopic (exact) mass is 459 g/mol. The Hall–Kier alpha value is -1.81. The highest BCUT2D eigenvalue weighted by Gasteiger charge is 2.14. The second kappa shape index (κ2) is 11.3. The molecule has 3 aromatic rings. The highest BCUT2D eigenvalue weighted by atomic mass is 79.9. The molecule has 1 N–H and O–H groups in total. The molecule has 0 radical (unpaired) electrons. The molecular weight excluding hydrogens is 434 g/mol. The van der Waals surface area contributed by atoms with E-state index in [1.54, 1.807) is 7.11 Å². The third kappa shape index (κ3) is 5.84. The summed E-state index contributed by atoms with van der Waals surface area (Å²) in [6, 6.07) is 28.1. The second-order valence-electron chi connectivity index (χ2n) is 6.73. The first-order valence-corrected chi connectivity index (χ1v) is 10.1. The lowest BCUT2D eigenvalue weighted by Crippen LogP contribution is -2.22. The molecule has 0 aliphatic heterocycles. The second-order valence-corrected chi connectivity index (χ2v) is 7.59. The summed E-state index contributed by atoms with van der Waals surface area (Å²) < 4.78 is 6.31. The number of hydrogen-bond donors (Lipinski definition) is 1. The molecule has 1 atom stereocenters. The van der Waals surface area contributed by atoms with Gasteiger partial charge in [-0.15, -0.1) is 12.4 Å². The number of hydrogen-bond acceptors (Lipinski definition) is 2. The first-order valence-electron chi connectivity index (χ1n) is 9.35. The Morgan fingerprint density at radius 1 is 0.857 bits per heavy atom. The zero-order chi connectivity index (χ0) is 19.1. The molecule has 148 valence electrons. The van der Waals surface area contributed by atoms with Crippen molar-refractivity contribution < 1.29 is 4.74 Å². The standard InChI is InChI=1S/C24H26BrNO.ClH/c1-18(21-13-14-24(27-2)23(25)17-21)26-16-15-22(19-9-5-3-6-10-19)20-11-7-4-8-12-20;/h3-14,17-18,22,26H,15-16H2,1-2H3;1H. The van der Waals surface area contributed by atoms with Gasteiger partial charge in [-0.05, 0) is 64.6 Å². The summed E-state index contributed by atoms with van der Waals surface area (Å²) in [5, 5.41) is 3.67. The Morgan fingerprint density at radius 3 is 1.93 bits per heavy atom. The van der Waals surface area contributed by atoms with E-state index in [9.17, 15) is 0 Å². The van der Waals surface area contributed by atoms with E-state index in [-0.39, 0.29) is 18.4 Å². The Balaban J connectivity index is 0.00000280. The van der Waals surface area contributed by atoms with Gasteiger partial charge in [0.25, 0.3) is 0 Å². The van der Waals surface area contributed by atoms with Gasteiger partial charge in [0.1, 0.15) is 5.75 Å². The summed E-state index contributed by atoms with van der Waals surface area (Å²) in [7, 11) is 1.69. The average molecular weight is 461 g/mol. The van der Waals surface area contributed by atoms with Gasteiger partial charge in [0.15, 0.2) is 0 Å². The van der Waals surface area contributed by atoms with Gasteiger partial charge in [-0.2, -0.15) is 0 Å². The predicted octanol–water partition coefficient (Wildman–Crippen LogP) is 6.75. The largest absolute Gasteiger partial charge is 0.496 e. The summed E-state index contributed by atoms with van der Waals surface area (Å²) in [6.45, 7) is 3.15. The lowest BCUT2D eigenvalue weighted by atomic mass is 9.88. The van der Waals surface area contributed by atoms with Gasteiger partial charge >= 0.3 is 0 Å². The van der Waals surface area contributed by atoms with Crippen LogP contribution in [0.1, 0.15) is 42.0 Å². The van der Waals surface area contributed by atoms with Crippen LogP contribution in [0.25, 0.3) is 0 Å². The summed E-state index contributed by atoms with van der Waals surface area (Å²) in [5.41, 5.74) is 3.98. The summed E-state index contributed by atoms with van der Waals surface area (Å²) >= 11 is 3.58. The molecule has 0 heterocycles. The normalized spacial score (nSPS) is 11.7. The van der Waals surface area contributed by atoms with Gasteiger partial charge in [-0.3, -0.25) is 0 Å². The first-order chi connectivity index (χ1) is 13.2. The van der Waals surface area contributed by atoms with E-state index in [2.05, 4.69) is 101 Å². The van der Waals surface area contributed by atoms with E-state index < -0.39 is 0 Å². The third-order valence-corrected chi connectivity index (χ3v) is 5.58. The van der Waals surface area contributed by atoms with Crippen LogP contribution in [0, 0.1) is 0 Å². The average Bonchev–Trinajstić information content (AvgIpc) is 2.72. The maximum atomic E-state index is 5.32. The molecule has 3 rings (SSSR count). The smallest absolute Gasteiger partial charge is 0.133 e. The fourth-order valence-corrected chi connectivity index (χ4v) is 3.97. The molecule has 0 saturated heterocycles. The molecular formula is C24H27BrClNO. The van der Waals surface area contributed by atoms with Crippen LogP contribution in [0.4, 0.5) is 0 Å². The minimum absolute atomic E-state index is 0. The highest BCUT2D eigenvalue weighted by Crippen LogP contribution is 2.29. The number of ether oxygens (including phenoxy) is 1. The van der Waals surface area contributed by atoms with Gasteiger partial charge in [0, 0.05) is 12.0 Å². The van der Waals surface area contributed by atoms with Crippen LogP contribution >= 0.6 is 28.3 Å². The van der Waals surface area contributed by atoms with Crippen LogP contribution in [-0.4, -0.2) is 13.7 Å². The fraction of sp³-hybridized carbons (Fsp3) is 0.250. The van der Waals surface area contributed by atoms with Crippen molar-refractivity contribution in [2.24, 2.45) is 0 Å². The molecule has 0 bridgehead atoms. The maximum Gasteiger partial charge on any atom is 0.133 e. The van der Waals surface area contributed by atoms with E-state index >= 15 is 0 Å². The van der Waals surface area contributed by atoms with Crippen molar-refractivity contribution >= 4 is 28.3 Å². The zero-order valence-electron chi connectivity index (χ0n) is 16.3. The molecule has 0 fully saturated rings.